The molecule has 0 aliphatic carbocycles. The second-order valence-corrected chi connectivity index (χ2v) is 6.72. The molecular formula is C20H27N3O8. The van der Waals surface area contributed by atoms with Crippen LogP contribution in [0.4, 0.5) is 14.4 Å². The van der Waals surface area contributed by atoms with Gasteiger partial charge < -0.3 is 19.3 Å². The van der Waals surface area contributed by atoms with Crippen LogP contribution in [-0.4, -0.2) is 77.2 Å². The van der Waals surface area contributed by atoms with E-state index in [1.807, 2.05) is 30.3 Å². The highest BCUT2D eigenvalue weighted by molar-refractivity contribution is 5.98. The van der Waals surface area contributed by atoms with Crippen LogP contribution in [0, 0.1) is 0 Å². The maximum atomic E-state index is 13.3. The molecule has 31 heavy (non-hydrogen) atoms. The van der Waals surface area contributed by atoms with Crippen LogP contribution in [0.3, 0.4) is 0 Å². The summed E-state index contributed by atoms with van der Waals surface area (Å²) in [4.78, 5) is 50.9. The number of nitrogens with one attached hydrogen (secondary N) is 1. The van der Waals surface area contributed by atoms with Gasteiger partial charge in [-0.2, -0.15) is 0 Å². The van der Waals surface area contributed by atoms with Gasteiger partial charge in [0.1, 0.15) is 6.61 Å². The van der Waals surface area contributed by atoms with Crippen LogP contribution in [0.25, 0.3) is 0 Å². The van der Waals surface area contributed by atoms with Gasteiger partial charge in [0.2, 0.25) is 0 Å². The highest BCUT2D eigenvalue weighted by atomic mass is 16.6. The molecule has 1 aliphatic heterocycles. The van der Waals surface area contributed by atoms with Crippen LogP contribution in [-0.2, 0) is 25.4 Å². The number of nitrogens with zero attached hydrogens (tertiary/aromatic N) is 2. The molecule has 0 radical (unpaired) electrons. The van der Waals surface area contributed by atoms with Gasteiger partial charge in [0.15, 0.2) is 6.04 Å². The average Bonchev–Trinajstić information content (AvgIpc) is 3.08. The first-order chi connectivity index (χ1) is 14.8. The maximum absolute atomic E-state index is 13.3. The molecule has 11 heteroatoms. The van der Waals surface area contributed by atoms with Crippen LogP contribution in [0.5, 0.6) is 0 Å². The number of cyclic esters (lactones) is 1. The van der Waals surface area contributed by atoms with Crippen LogP contribution < -0.4 is 5.43 Å². The molecule has 1 heterocycles. The molecule has 0 bridgehead atoms. The molecule has 0 spiro atoms. The van der Waals surface area contributed by atoms with Gasteiger partial charge in [-0.3, -0.25) is 4.79 Å². The Labute approximate surface area is 179 Å². The zero-order valence-electron chi connectivity index (χ0n) is 17.6. The lowest BCUT2D eigenvalue weighted by molar-refractivity contribution is -0.139. The van der Waals surface area contributed by atoms with Crippen molar-refractivity contribution in [2.45, 2.75) is 45.4 Å². The molecule has 1 aromatic carbocycles. The monoisotopic (exact) mass is 437 g/mol. The van der Waals surface area contributed by atoms with Crippen LogP contribution in [0.15, 0.2) is 30.3 Å². The van der Waals surface area contributed by atoms with Crippen molar-refractivity contribution < 1.29 is 38.5 Å². The summed E-state index contributed by atoms with van der Waals surface area (Å²) in [5.74, 6) is -0.928. The molecule has 170 valence electrons. The molecule has 2 N–H and O–H groups in total. The summed E-state index contributed by atoms with van der Waals surface area (Å²) in [6.45, 7) is 4.25. The van der Waals surface area contributed by atoms with Crippen LogP contribution >= 0.6 is 0 Å². The smallest absolute Gasteiger partial charge is 0.429 e. The van der Waals surface area contributed by atoms with E-state index in [1.165, 1.54) is 13.8 Å². The number of rotatable bonds is 7. The third-order valence-corrected chi connectivity index (χ3v) is 4.45. The minimum absolute atomic E-state index is 0.00733. The summed E-state index contributed by atoms with van der Waals surface area (Å²) in [5, 5.41) is 10.8. The van der Waals surface area contributed by atoms with Gasteiger partial charge in [0, 0.05) is 0 Å². The van der Waals surface area contributed by atoms with Crippen molar-refractivity contribution in [2.24, 2.45) is 0 Å². The van der Waals surface area contributed by atoms with E-state index in [2.05, 4.69) is 5.43 Å². The standard InChI is InChI=1S/C20H27N3O8/c1-4-29-18(26)21-23(20(28)30-5-2)16(13(3)24)17(25)22-15(12-31-19(22)27)11-14-9-7-6-8-10-14/h6-10,13,15-16,24H,4-5,11-12H2,1-3H3,(H,21,26)/t13-,15-,16+/m0/s1. The van der Waals surface area contributed by atoms with E-state index >= 15 is 0 Å². The van der Waals surface area contributed by atoms with Crippen molar-refractivity contribution in [3.63, 3.8) is 0 Å². The van der Waals surface area contributed by atoms with Crippen LogP contribution in [0.1, 0.15) is 26.3 Å². The number of aliphatic hydroxyl groups excluding tert-OH is 1. The summed E-state index contributed by atoms with van der Waals surface area (Å²) in [5.41, 5.74) is 2.97. The third kappa shape index (κ3) is 6.07. The number of hydrogen-bond acceptors (Lipinski definition) is 8. The number of amides is 4. The first-order valence-electron chi connectivity index (χ1n) is 9.91. The van der Waals surface area contributed by atoms with E-state index in [9.17, 15) is 24.3 Å². The normalized spacial score (nSPS) is 17.4. The number of carbonyl (C=O) groups excluding carboxylic acids is 4. The zero-order chi connectivity index (χ0) is 23.0. The molecule has 0 saturated carbocycles. The second kappa shape index (κ2) is 11.2. The third-order valence-electron chi connectivity index (χ3n) is 4.45. The Bertz CT molecular complexity index is 786. The first kappa shape index (κ1) is 23.9. The summed E-state index contributed by atoms with van der Waals surface area (Å²) in [7, 11) is 0. The molecule has 4 amide bonds. The average molecular weight is 437 g/mol. The van der Waals surface area contributed by atoms with E-state index in [1.54, 1.807) is 6.92 Å². The number of imide groups is 1. The van der Waals surface area contributed by atoms with Gasteiger partial charge in [0.25, 0.3) is 5.91 Å². The SMILES string of the molecule is CCOC(=O)NN(C(=O)OCC)[C@@H](C(=O)N1C(=O)OC[C@@H]1Cc1ccccc1)[C@H](C)O. The highest BCUT2D eigenvalue weighted by Crippen LogP contribution is 2.21. The molecule has 2 rings (SSSR count). The van der Waals surface area contributed by atoms with E-state index in [0.717, 1.165) is 10.5 Å². The number of hydrogen-bond donors (Lipinski definition) is 2. The minimum atomic E-state index is -1.66. The Morgan fingerprint density at radius 1 is 1.23 bits per heavy atom. The number of ether oxygens (including phenoxy) is 3. The Kier molecular flexibility index (Phi) is 8.62. The fraction of sp³-hybridized carbons (Fsp3) is 0.500. The summed E-state index contributed by atoms with van der Waals surface area (Å²) >= 11 is 0. The molecule has 0 unspecified atom stereocenters. The lowest BCUT2D eigenvalue weighted by Gasteiger charge is -2.33. The maximum Gasteiger partial charge on any atom is 0.429 e. The predicted octanol–water partition coefficient (Wildman–Crippen LogP) is 1.45. The number of aliphatic hydroxyl groups is 1. The molecule has 1 aliphatic rings. The summed E-state index contributed by atoms with van der Waals surface area (Å²) in [6.07, 6.45) is -4.18. The summed E-state index contributed by atoms with van der Waals surface area (Å²) < 4.78 is 14.7. The Morgan fingerprint density at radius 3 is 2.45 bits per heavy atom. The predicted molar refractivity (Wildman–Crippen MR) is 107 cm³/mol. The van der Waals surface area contributed by atoms with Gasteiger partial charge in [-0.05, 0) is 32.8 Å². The lowest BCUT2D eigenvalue weighted by atomic mass is 10.0. The molecule has 1 aromatic rings. The van der Waals surface area contributed by atoms with Crippen molar-refractivity contribution in [2.75, 3.05) is 19.8 Å². The number of hydrazine groups is 1. The van der Waals surface area contributed by atoms with E-state index < -0.39 is 42.4 Å². The topological polar surface area (TPSA) is 135 Å². The van der Waals surface area contributed by atoms with Gasteiger partial charge >= 0.3 is 18.3 Å². The first-order valence-corrected chi connectivity index (χ1v) is 9.91. The van der Waals surface area contributed by atoms with Crippen molar-refractivity contribution in [3.05, 3.63) is 35.9 Å². The van der Waals surface area contributed by atoms with Gasteiger partial charge in [-0.15, -0.1) is 0 Å². The molecule has 1 fully saturated rings. The van der Waals surface area contributed by atoms with E-state index in [0.29, 0.717) is 11.4 Å². The van der Waals surface area contributed by atoms with Gasteiger partial charge in [0.05, 0.1) is 25.4 Å². The quantitative estimate of drug-likeness (QED) is 0.483. The molecular weight excluding hydrogens is 410 g/mol. The largest absolute Gasteiger partial charge is 0.449 e. The fourth-order valence-electron chi connectivity index (χ4n) is 3.13. The summed E-state index contributed by atoms with van der Waals surface area (Å²) in [6, 6.07) is 6.84. The van der Waals surface area contributed by atoms with Gasteiger partial charge in [-0.25, -0.2) is 29.7 Å². The van der Waals surface area contributed by atoms with Gasteiger partial charge in [-0.1, -0.05) is 30.3 Å². The van der Waals surface area contributed by atoms with Crippen molar-refractivity contribution >= 4 is 24.2 Å². The Balaban J connectivity index is 2.32. The Morgan fingerprint density at radius 2 is 1.87 bits per heavy atom. The highest BCUT2D eigenvalue weighted by Gasteiger charge is 2.46. The number of benzene rings is 1. The van der Waals surface area contributed by atoms with Crippen molar-refractivity contribution in [3.8, 4) is 0 Å². The molecule has 11 nitrogen and oxygen atoms in total. The molecule has 1 saturated heterocycles. The lowest BCUT2D eigenvalue weighted by Crippen LogP contribution is -2.62. The minimum Gasteiger partial charge on any atom is -0.449 e. The zero-order valence-corrected chi connectivity index (χ0v) is 17.6. The number of carbonyl (C=O) groups is 4. The Hall–Kier alpha value is -3.34. The molecule has 0 aromatic heterocycles. The van der Waals surface area contributed by atoms with E-state index in [4.69, 9.17) is 14.2 Å². The van der Waals surface area contributed by atoms with Crippen molar-refractivity contribution in [1.29, 1.82) is 0 Å². The van der Waals surface area contributed by atoms with Crippen molar-refractivity contribution in [1.82, 2.24) is 15.3 Å². The fourth-order valence-corrected chi connectivity index (χ4v) is 3.13. The van der Waals surface area contributed by atoms with E-state index in [-0.39, 0.29) is 19.8 Å². The second-order valence-electron chi connectivity index (χ2n) is 6.72. The molecule has 3 atom stereocenters. The van der Waals surface area contributed by atoms with Crippen LogP contribution in [0.2, 0.25) is 0 Å².